The van der Waals surface area contributed by atoms with E-state index in [0.29, 0.717) is 44.3 Å². The molecule has 140 valence electrons. The van der Waals surface area contributed by atoms with E-state index in [1.165, 1.54) is 16.4 Å². The van der Waals surface area contributed by atoms with Crippen LogP contribution in [0.15, 0.2) is 29.3 Å². The van der Waals surface area contributed by atoms with Crippen LogP contribution < -0.4 is 15.4 Å². The molecular weight excluding hydrogens is 347 g/mol. The van der Waals surface area contributed by atoms with E-state index in [1.54, 1.807) is 19.2 Å². The fourth-order valence-electron chi connectivity index (χ4n) is 2.49. The highest BCUT2D eigenvalue weighted by Crippen LogP contribution is 2.13. The van der Waals surface area contributed by atoms with Gasteiger partial charge in [-0.1, -0.05) is 0 Å². The fourth-order valence-corrected chi connectivity index (χ4v) is 4.02. The van der Waals surface area contributed by atoms with E-state index < -0.39 is 10.0 Å². The van der Waals surface area contributed by atoms with Crippen molar-refractivity contribution in [2.24, 2.45) is 4.99 Å². The van der Waals surface area contributed by atoms with Crippen LogP contribution in [-0.2, 0) is 10.0 Å². The number of hydrogen-bond donors (Lipinski definition) is 2. The maximum atomic E-state index is 12.9. The van der Waals surface area contributed by atoms with Crippen LogP contribution in [0.1, 0.15) is 13.3 Å². The van der Waals surface area contributed by atoms with Crippen molar-refractivity contribution in [2.45, 2.75) is 19.4 Å². The largest absolute Gasteiger partial charge is 0.489 e. The maximum absolute atomic E-state index is 12.9. The molecule has 0 spiro atoms. The lowest BCUT2D eigenvalue weighted by molar-refractivity contribution is 0.223. The van der Waals surface area contributed by atoms with Crippen molar-refractivity contribution < 1.29 is 17.5 Å². The summed E-state index contributed by atoms with van der Waals surface area (Å²) in [5.41, 5.74) is 0. The van der Waals surface area contributed by atoms with Crippen LogP contribution in [0.25, 0.3) is 0 Å². The Morgan fingerprint density at radius 1 is 1.36 bits per heavy atom. The number of hydrogen-bond acceptors (Lipinski definition) is 4. The van der Waals surface area contributed by atoms with Gasteiger partial charge in [-0.05, 0) is 37.6 Å². The standard InChI is InChI=1S/C16H25FN4O3S/c1-13(24-15-6-4-14(17)5-7-15)12-20-16(18-2)19-8-10-21-9-3-11-25(21,22)23/h4-7,13H,3,8-12H2,1-2H3,(H2,18,19,20). The van der Waals surface area contributed by atoms with E-state index in [-0.39, 0.29) is 17.7 Å². The van der Waals surface area contributed by atoms with E-state index in [2.05, 4.69) is 15.6 Å². The monoisotopic (exact) mass is 372 g/mol. The molecule has 1 aliphatic heterocycles. The zero-order valence-electron chi connectivity index (χ0n) is 14.5. The molecule has 1 fully saturated rings. The summed E-state index contributed by atoms with van der Waals surface area (Å²) in [6.07, 6.45) is 0.538. The summed E-state index contributed by atoms with van der Waals surface area (Å²) in [4.78, 5) is 4.10. The van der Waals surface area contributed by atoms with Gasteiger partial charge in [-0.2, -0.15) is 0 Å². The van der Waals surface area contributed by atoms with Crippen LogP contribution in [0.4, 0.5) is 4.39 Å². The Bertz CT molecular complexity index is 679. The molecule has 0 aliphatic carbocycles. The number of ether oxygens (including phenoxy) is 1. The molecule has 1 atom stereocenters. The molecule has 1 heterocycles. The average Bonchev–Trinajstić information content (AvgIpc) is 2.91. The minimum absolute atomic E-state index is 0.150. The number of rotatable bonds is 7. The fraction of sp³-hybridized carbons (Fsp3) is 0.562. The quantitative estimate of drug-likeness (QED) is 0.546. The minimum Gasteiger partial charge on any atom is -0.489 e. The number of nitrogens with one attached hydrogen (secondary N) is 2. The molecule has 2 rings (SSSR count). The highest BCUT2D eigenvalue weighted by molar-refractivity contribution is 7.89. The van der Waals surface area contributed by atoms with Crippen LogP contribution in [0.5, 0.6) is 5.75 Å². The molecule has 25 heavy (non-hydrogen) atoms. The summed E-state index contributed by atoms with van der Waals surface area (Å²) in [5, 5.41) is 6.21. The lowest BCUT2D eigenvalue weighted by Gasteiger charge is -2.19. The molecule has 0 saturated carbocycles. The Hall–Kier alpha value is -1.87. The minimum atomic E-state index is -3.07. The normalized spacial score (nSPS) is 18.8. The molecule has 1 saturated heterocycles. The first-order valence-corrected chi connectivity index (χ1v) is 9.86. The zero-order valence-corrected chi connectivity index (χ0v) is 15.4. The van der Waals surface area contributed by atoms with Gasteiger partial charge in [-0.3, -0.25) is 4.99 Å². The van der Waals surface area contributed by atoms with Gasteiger partial charge in [0.05, 0.1) is 12.3 Å². The number of sulfonamides is 1. The smallest absolute Gasteiger partial charge is 0.214 e. The molecule has 0 bridgehead atoms. The van der Waals surface area contributed by atoms with E-state index in [9.17, 15) is 12.8 Å². The van der Waals surface area contributed by atoms with E-state index in [0.717, 1.165) is 0 Å². The molecule has 9 heteroatoms. The SMILES string of the molecule is CN=C(NCCN1CCCS1(=O)=O)NCC(C)Oc1ccc(F)cc1. The van der Waals surface area contributed by atoms with Crippen molar-refractivity contribution in [3.05, 3.63) is 30.1 Å². The van der Waals surface area contributed by atoms with Crippen molar-refractivity contribution in [1.29, 1.82) is 0 Å². The van der Waals surface area contributed by atoms with Crippen LogP contribution in [-0.4, -0.2) is 63.8 Å². The highest BCUT2D eigenvalue weighted by atomic mass is 32.2. The Labute approximate surface area is 148 Å². The van der Waals surface area contributed by atoms with Crippen molar-refractivity contribution >= 4 is 16.0 Å². The number of guanidine groups is 1. The van der Waals surface area contributed by atoms with Gasteiger partial charge in [0, 0.05) is 26.7 Å². The first kappa shape index (κ1) is 19.5. The summed E-state index contributed by atoms with van der Waals surface area (Å²) in [6, 6.07) is 5.86. The second kappa shape index (κ2) is 9.00. The van der Waals surface area contributed by atoms with E-state index in [4.69, 9.17) is 4.74 Å². The summed E-state index contributed by atoms with van der Waals surface area (Å²) < 4.78 is 43.5. The van der Waals surface area contributed by atoms with Gasteiger partial charge < -0.3 is 15.4 Å². The van der Waals surface area contributed by atoms with Crippen LogP contribution in [0, 0.1) is 5.82 Å². The van der Waals surface area contributed by atoms with Gasteiger partial charge in [0.1, 0.15) is 17.7 Å². The topological polar surface area (TPSA) is 83.0 Å². The average molecular weight is 372 g/mol. The predicted octanol–water partition coefficient (Wildman–Crippen LogP) is 0.794. The molecule has 1 aliphatic rings. The van der Waals surface area contributed by atoms with E-state index in [1.807, 2.05) is 6.92 Å². The molecule has 0 aromatic heterocycles. The highest BCUT2D eigenvalue weighted by Gasteiger charge is 2.27. The van der Waals surface area contributed by atoms with Crippen molar-refractivity contribution in [1.82, 2.24) is 14.9 Å². The number of aliphatic imine (C=N–C) groups is 1. The van der Waals surface area contributed by atoms with Gasteiger partial charge in [-0.15, -0.1) is 0 Å². The predicted molar refractivity (Wildman–Crippen MR) is 95.8 cm³/mol. The van der Waals surface area contributed by atoms with Gasteiger partial charge in [-0.25, -0.2) is 17.1 Å². The maximum Gasteiger partial charge on any atom is 0.214 e. The molecule has 1 aromatic rings. The molecule has 0 amide bonds. The molecule has 1 unspecified atom stereocenters. The summed E-state index contributed by atoms with van der Waals surface area (Å²) in [6.45, 7) is 3.87. The lowest BCUT2D eigenvalue weighted by Crippen LogP contribution is -2.44. The van der Waals surface area contributed by atoms with Gasteiger partial charge in [0.25, 0.3) is 0 Å². The first-order valence-electron chi connectivity index (χ1n) is 8.25. The second-order valence-corrected chi connectivity index (χ2v) is 7.92. The third kappa shape index (κ3) is 6.17. The van der Waals surface area contributed by atoms with Gasteiger partial charge >= 0.3 is 0 Å². The summed E-state index contributed by atoms with van der Waals surface area (Å²) in [5.74, 6) is 1.10. The van der Waals surface area contributed by atoms with Crippen molar-refractivity contribution in [3.63, 3.8) is 0 Å². The van der Waals surface area contributed by atoms with Crippen molar-refractivity contribution in [2.75, 3.05) is 39.0 Å². The van der Waals surface area contributed by atoms with Gasteiger partial charge in [0.15, 0.2) is 5.96 Å². The molecule has 7 nitrogen and oxygen atoms in total. The van der Waals surface area contributed by atoms with Crippen LogP contribution in [0.2, 0.25) is 0 Å². The molecular formula is C16H25FN4O3S. The van der Waals surface area contributed by atoms with Crippen molar-refractivity contribution in [3.8, 4) is 5.75 Å². The molecule has 2 N–H and O–H groups in total. The number of nitrogens with zero attached hydrogens (tertiary/aromatic N) is 2. The number of halogens is 1. The Kier molecular flexibility index (Phi) is 7.01. The van der Waals surface area contributed by atoms with Crippen LogP contribution in [0.3, 0.4) is 0 Å². The molecule has 1 aromatic carbocycles. The van der Waals surface area contributed by atoms with Gasteiger partial charge in [0.2, 0.25) is 10.0 Å². The van der Waals surface area contributed by atoms with E-state index >= 15 is 0 Å². The molecule has 0 radical (unpaired) electrons. The zero-order chi connectivity index (χ0) is 18.3. The third-order valence-electron chi connectivity index (χ3n) is 3.79. The Morgan fingerprint density at radius 2 is 2.08 bits per heavy atom. The second-order valence-electron chi connectivity index (χ2n) is 5.83. The Morgan fingerprint density at radius 3 is 2.68 bits per heavy atom. The third-order valence-corrected chi connectivity index (χ3v) is 5.74. The van der Waals surface area contributed by atoms with Crippen LogP contribution >= 0.6 is 0 Å². The summed E-state index contributed by atoms with van der Waals surface area (Å²) in [7, 11) is -1.42. The lowest BCUT2D eigenvalue weighted by atomic mass is 10.3. The first-order chi connectivity index (χ1) is 11.9. The number of benzene rings is 1. The Balaban J connectivity index is 1.70. The summed E-state index contributed by atoms with van der Waals surface area (Å²) >= 11 is 0.